The molecule has 3 rings (SSSR count). The van der Waals surface area contributed by atoms with Gasteiger partial charge in [-0.25, -0.2) is 8.78 Å². The number of Topliss-reactive ketones (excluding diaryl/α,β-unsaturated/α-hetero) is 1. The van der Waals surface area contributed by atoms with Gasteiger partial charge in [0.15, 0.2) is 5.78 Å². The van der Waals surface area contributed by atoms with E-state index in [9.17, 15) is 23.2 Å². The van der Waals surface area contributed by atoms with Crippen molar-refractivity contribution in [2.45, 2.75) is 44.9 Å². The molecule has 0 radical (unpaired) electrons. The fourth-order valence-corrected chi connectivity index (χ4v) is 5.45. The van der Waals surface area contributed by atoms with Crippen LogP contribution in [0.4, 0.5) is 8.78 Å². The van der Waals surface area contributed by atoms with Crippen LogP contribution < -0.4 is 16.1 Å². The summed E-state index contributed by atoms with van der Waals surface area (Å²) in [6, 6.07) is 2.48. The van der Waals surface area contributed by atoms with E-state index in [1.165, 1.54) is 12.1 Å². The van der Waals surface area contributed by atoms with Crippen molar-refractivity contribution in [3.05, 3.63) is 51.5 Å². The molecule has 10 heteroatoms. The summed E-state index contributed by atoms with van der Waals surface area (Å²) in [5, 5.41) is 4.75. The van der Waals surface area contributed by atoms with Crippen LogP contribution in [0.15, 0.2) is 27.5 Å². The van der Waals surface area contributed by atoms with E-state index in [-0.39, 0.29) is 34.6 Å². The van der Waals surface area contributed by atoms with Crippen LogP contribution in [-0.4, -0.2) is 44.2 Å². The van der Waals surface area contributed by atoms with Crippen LogP contribution in [0.1, 0.15) is 29.0 Å². The number of nitrogens with one attached hydrogen (secondary N) is 2. The number of rotatable bonds is 7. The molecule has 0 unspecified atom stereocenters. The Bertz CT molecular complexity index is 998. The third-order valence-corrected chi connectivity index (χ3v) is 7.33. The lowest BCUT2D eigenvalue weighted by Crippen LogP contribution is -2.48. The van der Waals surface area contributed by atoms with Crippen LogP contribution in [0.3, 0.4) is 0 Å². The Morgan fingerprint density at radius 3 is 2.29 bits per heavy atom. The highest BCUT2D eigenvalue weighted by molar-refractivity contribution is 6.88. The molecule has 0 spiro atoms. The van der Waals surface area contributed by atoms with E-state index in [1.54, 1.807) is 0 Å². The van der Waals surface area contributed by atoms with Crippen molar-refractivity contribution in [1.82, 2.24) is 10.5 Å². The predicted octanol–water partition coefficient (Wildman–Crippen LogP) is 2.13. The lowest BCUT2D eigenvalue weighted by Gasteiger charge is -2.30. The molecule has 1 aliphatic heterocycles. The molecule has 168 valence electrons. The fourth-order valence-electron chi connectivity index (χ4n) is 3.87. The number of ketones is 1. The number of H-pyrrole nitrogens is 1. The Kier molecular flexibility index (Phi) is 6.90. The third kappa shape index (κ3) is 5.56. The number of hydrogen-bond donors (Lipinski definition) is 2. The Balaban J connectivity index is 1.83. The van der Waals surface area contributed by atoms with Crippen molar-refractivity contribution in [2.75, 3.05) is 13.2 Å². The summed E-state index contributed by atoms with van der Waals surface area (Å²) < 4.78 is 39.3. The van der Waals surface area contributed by atoms with Gasteiger partial charge in [0.05, 0.1) is 20.2 Å². The molecular formula is C21H26F2N2O5Si. The van der Waals surface area contributed by atoms with Gasteiger partial charge in [0.25, 0.3) is 11.5 Å². The van der Waals surface area contributed by atoms with Crippen molar-refractivity contribution in [1.29, 1.82) is 0 Å². The van der Waals surface area contributed by atoms with Crippen LogP contribution in [0.25, 0.3) is 0 Å². The zero-order valence-electron chi connectivity index (χ0n) is 17.7. The quantitative estimate of drug-likeness (QED) is 0.627. The number of amides is 1. The first-order valence-corrected chi connectivity index (χ1v) is 13.6. The predicted molar refractivity (Wildman–Crippen MR) is 112 cm³/mol. The van der Waals surface area contributed by atoms with Crippen molar-refractivity contribution in [3.63, 3.8) is 0 Å². The third-order valence-electron chi connectivity index (χ3n) is 5.35. The molecule has 1 aromatic heterocycles. The molecule has 1 aromatic carbocycles. The Morgan fingerprint density at radius 1 is 1.16 bits per heavy atom. The van der Waals surface area contributed by atoms with Gasteiger partial charge in [-0.3, -0.25) is 14.4 Å². The molecule has 1 amide bonds. The summed E-state index contributed by atoms with van der Waals surface area (Å²) in [7, 11) is -2.24. The number of halogens is 2. The number of aromatic amines is 1. The second-order valence-electron chi connectivity index (χ2n) is 8.81. The summed E-state index contributed by atoms with van der Waals surface area (Å²) in [5.41, 5.74) is -0.367. The maximum atomic E-state index is 14.6. The van der Waals surface area contributed by atoms with Crippen LogP contribution in [0, 0.1) is 17.6 Å². The molecule has 1 fully saturated rings. The van der Waals surface area contributed by atoms with Crippen LogP contribution in [0.5, 0.6) is 0 Å². The Morgan fingerprint density at radius 2 is 1.77 bits per heavy atom. The average molecular weight is 453 g/mol. The van der Waals surface area contributed by atoms with Gasteiger partial charge in [-0.05, 0) is 36.5 Å². The molecular weight excluding hydrogens is 426 g/mol. The van der Waals surface area contributed by atoms with E-state index in [0.717, 1.165) is 6.07 Å². The van der Waals surface area contributed by atoms with Gasteiger partial charge in [0.1, 0.15) is 11.6 Å². The van der Waals surface area contributed by atoms with Crippen molar-refractivity contribution in [2.24, 2.45) is 5.92 Å². The molecule has 2 aromatic rings. The van der Waals surface area contributed by atoms with E-state index in [2.05, 4.69) is 5.32 Å². The Hall–Kier alpha value is -2.59. The number of benzene rings is 1. The fraction of sp³-hybridized carbons (Fsp3) is 0.476. The molecule has 2 N–H and O–H groups in total. The smallest absolute Gasteiger partial charge is 0.290 e. The lowest BCUT2D eigenvalue weighted by molar-refractivity contribution is -0.122. The number of aromatic nitrogens is 1. The second kappa shape index (κ2) is 9.27. The molecule has 0 aliphatic carbocycles. The van der Waals surface area contributed by atoms with E-state index in [4.69, 9.17) is 9.26 Å². The maximum Gasteiger partial charge on any atom is 0.290 e. The highest BCUT2D eigenvalue weighted by Gasteiger charge is 2.33. The minimum Gasteiger partial charge on any atom is -0.381 e. The summed E-state index contributed by atoms with van der Waals surface area (Å²) >= 11 is 0. The van der Waals surface area contributed by atoms with Crippen LogP contribution in [0.2, 0.25) is 19.6 Å². The lowest BCUT2D eigenvalue weighted by atomic mass is 9.87. The number of carbonyl (C=O) groups is 2. The molecule has 0 bridgehead atoms. The molecule has 0 saturated carbocycles. The minimum atomic E-state index is -2.24. The van der Waals surface area contributed by atoms with Crippen LogP contribution >= 0.6 is 0 Å². The van der Waals surface area contributed by atoms with Gasteiger partial charge in [-0.2, -0.15) is 5.16 Å². The van der Waals surface area contributed by atoms with Gasteiger partial charge >= 0.3 is 0 Å². The van der Waals surface area contributed by atoms with Crippen molar-refractivity contribution in [3.8, 4) is 0 Å². The molecule has 1 saturated heterocycles. The largest absolute Gasteiger partial charge is 0.381 e. The average Bonchev–Trinajstić information content (AvgIpc) is 3.11. The Labute approximate surface area is 179 Å². The first kappa shape index (κ1) is 23.1. The highest BCUT2D eigenvalue weighted by Crippen LogP contribution is 2.22. The summed E-state index contributed by atoms with van der Waals surface area (Å²) in [5.74, 6) is -2.84. The SMILES string of the molecule is C[Si](C)(C)c1c(F)cc(CC(=O)[C@H](NC(=O)c2cc(=O)[nH]o2)C2CCOCC2)cc1F. The van der Waals surface area contributed by atoms with Gasteiger partial charge in [-0.15, -0.1) is 0 Å². The maximum absolute atomic E-state index is 14.6. The van der Waals surface area contributed by atoms with Gasteiger partial charge in [0.2, 0.25) is 5.76 Å². The number of carbonyl (C=O) groups excluding carboxylic acids is 2. The van der Waals surface area contributed by atoms with E-state index in [1.807, 2.05) is 24.8 Å². The first-order valence-electron chi connectivity index (χ1n) is 10.1. The van der Waals surface area contributed by atoms with Gasteiger partial charge in [-0.1, -0.05) is 19.6 Å². The molecule has 2 heterocycles. The van der Waals surface area contributed by atoms with Crippen molar-refractivity contribution >= 4 is 25.0 Å². The summed E-state index contributed by atoms with van der Waals surface area (Å²) in [4.78, 5) is 36.8. The standard InChI is InChI=1S/C21H26F2N2O5Si/c1-31(2,3)20-14(22)8-12(9-15(20)23)10-16(26)19(13-4-6-29-7-5-13)24-21(28)17-11-18(27)25-30-17/h8-9,11,13,19H,4-7,10H2,1-3H3,(H,24,28)(H,25,27)/t19-/m1/s1. The number of ether oxygens (including phenoxy) is 1. The normalized spacial score (nSPS) is 16.2. The zero-order chi connectivity index (χ0) is 22.8. The van der Waals surface area contributed by atoms with Gasteiger partial charge in [0, 0.05) is 24.8 Å². The van der Waals surface area contributed by atoms with E-state index < -0.39 is 37.2 Å². The van der Waals surface area contributed by atoms with Crippen LogP contribution in [-0.2, 0) is 16.0 Å². The van der Waals surface area contributed by atoms with E-state index in [0.29, 0.717) is 26.1 Å². The topological polar surface area (TPSA) is 101 Å². The van der Waals surface area contributed by atoms with Crippen molar-refractivity contribution < 1.29 is 27.6 Å². The van der Waals surface area contributed by atoms with Gasteiger partial charge < -0.3 is 14.6 Å². The minimum absolute atomic E-state index is 0.0977. The molecule has 31 heavy (non-hydrogen) atoms. The molecule has 7 nitrogen and oxygen atoms in total. The monoisotopic (exact) mass is 452 g/mol. The second-order valence-corrected chi connectivity index (χ2v) is 13.8. The number of hydrogen-bond acceptors (Lipinski definition) is 5. The first-order chi connectivity index (χ1) is 14.6. The highest BCUT2D eigenvalue weighted by atomic mass is 28.3. The van der Waals surface area contributed by atoms with E-state index >= 15 is 0 Å². The zero-order valence-corrected chi connectivity index (χ0v) is 18.7. The molecule has 1 aliphatic rings. The molecule has 1 atom stereocenters. The summed E-state index contributed by atoms with van der Waals surface area (Å²) in [6.07, 6.45) is 0.856. The summed E-state index contributed by atoms with van der Waals surface area (Å²) in [6.45, 7) is 6.41.